The smallest absolute Gasteiger partial charge is 0.151 e. The fraction of sp³-hybridized carbons (Fsp3) is 0.0769. The third-order valence-corrected chi connectivity index (χ3v) is 2.30. The molecule has 0 atom stereocenters. The van der Waals surface area contributed by atoms with Gasteiger partial charge in [-0.1, -0.05) is 18.2 Å². The lowest BCUT2D eigenvalue weighted by molar-refractivity contribution is 0.112. The summed E-state index contributed by atoms with van der Waals surface area (Å²) in [5.41, 5.74) is 1.94. The van der Waals surface area contributed by atoms with E-state index in [9.17, 15) is 9.18 Å². The second-order valence-corrected chi connectivity index (χ2v) is 3.51. The normalized spacial score (nSPS) is 10.1. The Kier molecular flexibility index (Phi) is 3.05. The molecular formula is C13H10FNO. The van der Waals surface area contributed by atoms with Gasteiger partial charge in [0.1, 0.15) is 5.82 Å². The maximum atomic E-state index is 13.4. The van der Waals surface area contributed by atoms with Crippen molar-refractivity contribution >= 4 is 6.29 Å². The summed E-state index contributed by atoms with van der Waals surface area (Å²) >= 11 is 0. The molecule has 0 N–H and O–H groups in total. The van der Waals surface area contributed by atoms with Crippen LogP contribution in [0.1, 0.15) is 21.5 Å². The predicted octanol–water partition coefficient (Wildman–Crippen LogP) is 2.62. The van der Waals surface area contributed by atoms with Crippen molar-refractivity contribution in [3.05, 3.63) is 65.2 Å². The third kappa shape index (κ3) is 2.31. The minimum absolute atomic E-state index is 0.237. The van der Waals surface area contributed by atoms with Crippen LogP contribution < -0.4 is 0 Å². The number of carbonyl (C=O) groups excluding carboxylic acids is 1. The van der Waals surface area contributed by atoms with E-state index in [-0.39, 0.29) is 5.82 Å². The van der Waals surface area contributed by atoms with E-state index in [1.807, 2.05) is 0 Å². The molecule has 1 aromatic heterocycles. The molecule has 0 saturated heterocycles. The van der Waals surface area contributed by atoms with Crippen molar-refractivity contribution < 1.29 is 9.18 Å². The van der Waals surface area contributed by atoms with Gasteiger partial charge in [-0.3, -0.25) is 9.78 Å². The van der Waals surface area contributed by atoms with E-state index in [1.165, 1.54) is 12.3 Å². The molecular weight excluding hydrogens is 205 g/mol. The average molecular weight is 215 g/mol. The summed E-state index contributed by atoms with van der Waals surface area (Å²) in [6.45, 7) is 0. The van der Waals surface area contributed by atoms with E-state index >= 15 is 0 Å². The highest BCUT2D eigenvalue weighted by Crippen LogP contribution is 2.12. The van der Waals surface area contributed by atoms with Crippen LogP contribution in [-0.4, -0.2) is 11.3 Å². The van der Waals surface area contributed by atoms with E-state index in [2.05, 4.69) is 4.98 Å². The molecule has 1 heterocycles. The molecule has 2 nitrogen and oxygen atoms in total. The molecule has 2 rings (SSSR count). The number of aromatic nitrogens is 1. The summed E-state index contributed by atoms with van der Waals surface area (Å²) in [5, 5.41) is 0. The van der Waals surface area contributed by atoms with Crippen LogP contribution in [0, 0.1) is 5.82 Å². The maximum Gasteiger partial charge on any atom is 0.151 e. The molecule has 0 saturated carbocycles. The van der Waals surface area contributed by atoms with Crippen molar-refractivity contribution in [3.8, 4) is 0 Å². The fourth-order valence-electron chi connectivity index (χ4n) is 1.53. The number of rotatable bonds is 3. The van der Waals surface area contributed by atoms with Crippen LogP contribution in [-0.2, 0) is 6.42 Å². The first-order valence-corrected chi connectivity index (χ1v) is 4.92. The van der Waals surface area contributed by atoms with Crippen LogP contribution in [0.3, 0.4) is 0 Å². The Bertz CT molecular complexity index is 511. The van der Waals surface area contributed by atoms with E-state index in [0.29, 0.717) is 17.5 Å². The number of hydrogen-bond donors (Lipinski definition) is 0. The third-order valence-electron chi connectivity index (χ3n) is 2.30. The van der Waals surface area contributed by atoms with Crippen molar-refractivity contribution in [2.45, 2.75) is 6.42 Å². The highest BCUT2D eigenvalue weighted by atomic mass is 19.1. The standard InChI is InChI=1S/C13H10FNO/c14-13-4-2-1-3-12(13)6-10-5-11(9-16)8-15-7-10/h1-5,7-9H,6H2. The number of halogens is 1. The minimum Gasteiger partial charge on any atom is -0.298 e. The fourth-order valence-corrected chi connectivity index (χ4v) is 1.53. The van der Waals surface area contributed by atoms with Gasteiger partial charge < -0.3 is 0 Å². The highest BCUT2D eigenvalue weighted by Gasteiger charge is 2.03. The second kappa shape index (κ2) is 4.66. The van der Waals surface area contributed by atoms with Crippen molar-refractivity contribution in [1.29, 1.82) is 0 Å². The Balaban J connectivity index is 2.27. The molecule has 16 heavy (non-hydrogen) atoms. The lowest BCUT2D eigenvalue weighted by Crippen LogP contribution is -1.94. The molecule has 0 aliphatic carbocycles. The van der Waals surface area contributed by atoms with Crippen LogP contribution in [0.2, 0.25) is 0 Å². The Morgan fingerprint density at radius 2 is 2.06 bits per heavy atom. The average Bonchev–Trinajstić information content (AvgIpc) is 2.32. The summed E-state index contributed by atoms with van der Waals surface area (Å²) in [6.07, 6.45) is 4.30. The molecule has 80 valence electrons. The van der Waals surface area contributed by atoms with Crippen LogP contribution in [0.25, 0.3) is 0 Å². The van der Waals surface area contributed by atoms with Crippen molar-refractivity contribution in [1.82, 2.24) is 4.98 Å². The second-order valence-electron chi connectivity index (χ2n) is 3.51. The zero-order chi connectivity index (χ0) is 11.4. The Hall–Kier alpha value is -2.03. The number of aldehydes is 1. The lowest BCUT2D eigenvalue weighted by Gasteiger charge is -2.03. The Morgan fingerprint density at radius 1 is 1.25 bits per heavy atom. The summed E-state index contributed by atoms with van der Waals surface area (Å²) in [5.74, 6) is -0.237. The summed E-state index contributed by atoms with van der Waals surface area (Å²) < 4.78 is 13.4. The van der Waals surface area contributed by atoms with Gasteiger partial charge in [-0.15, -0.1) is 0 Å². The van der Waals surface area contributed by atoms with Crippen LogP contribution in [0.4, 0.5) is 4.39 Å². The van der Waals surface area contributed by atoms with Gasteiger partial charge in [0.25, 0.3) is 0 Å². The molecule has 0 amide bonds. The van der Waals surface area contributed by atoms with Gasteiger partial charge in [-0.05, 0) is 23.3 Å². The van der Waals surface area contributed by atoms with Gasteiger partial charge in [0.05, 0.1) is 0 Å². The number of nitrogens with zero attached hydrogens (tertiary/aromatic N) is 1. The van der Waals surface area contributed by atoms with Crippen LogP contribution >= 0.6 is 0 Å². The molecule has 0 fully saturated rings. The number of hydrogen-bond acceptors (Lipinski definition) is 2. The topological polar surface area (TPSA) is 30.0 Å². The van der Waals surface area contributed by atoms with E-state index < -0.39 is 0 Å². The number of carbonyl (C=O) groups is 1. The van der Waals surface area contributed by atoms with Gasteiger partial charge in [0, 0.05) is 24.4 Å². The van der Waals surface area contributed by atoms with Crippen molar-refractivity contribution in [2.75, 3.05) is 0 Å². The molecule has 0 radical (unpaired) electrons. The maximum absolute atomic E-state index is 13.4. The zero-order valence-electron chi connectivity index (χ0n) is 8.56. The molecule has 0 aliphatic rings. The monoisotopic (exact) mass is 215 g/mol. The largest absolute Gasteiger partial charge is 0.298 e. The molecule has 3 heteroatoms. The first-order valence-electron chi connectivity index (χ1n) is 4.92. The first-order chi connectivity index (χ1) is 7.79. The number of pyridine rings is 1. The van der Waals surface area contributed by atoms with Gasteiger partial charge >= 0.3 is 0 Å². The summed E-state index contributed by atoms with van der Waals surface area (Å²) in [4.78, 5) is 14.5. The van der Waals surface area contributed by atoms with E-state index in [1.54, 1.807) is 30.5 Å². The quantitative estimate of drug-likeness (QED) is 0.737. The van der Waals surface area contributed by atoms with Crippen molar-refractivity contribution in [3.63, 3.8) is 0 Å². The Morgan fingerprint density at radius 3 is 2.81 bits per heavy atom. The zero-order valence-corrected chi connectivity index (χ0v) is 8.56. The van der Waals surface area contributed by atoms with Crippen LogP contribution in [0.5, 0.6) is 0 Å². The van der Waals surface area contributed by atoms with Gasteiger partial charge in [-0.2, -0.15) is 0 Å². The van der Waals surface area contributed by atoms with Crippen LogP contribution in [0.15, 0.2) is 42.7 Å². The van der Waals surface area contributed by atoms with Gasteiger partial charge in [0.15, 0.2) is 6.29 Å². The lowest BCUT2D eigenvalue weighted by atomic mass is 10.1. The first kappa shape index (κ1) is 10.5. The molecule has 0 bridgehead atoms. The highest BCUT2D eigenvalue weighted by molar-refractivity contribution is 5.74. The SMILES string of the molecule is O=Cc1cncc(Cc2ccccc2F)c1. The number of benzene rings is 1. The Labute approximate surface area is 92.8 Å². The minimum atomic E-state index is -0.237. The molecule has 0 aliphatic heterocycles. The van der Waals surface area contributed by atoms with E-state index in [4.69, 9.17) is 0 Å². The van der Waals surface area contributed by atoms with Gasteiger partial charge in [0.2, 0.25) is 0 Å². The molecule has 0 unspecified atom stereocenters. The summed E-state index contributed by atoms with van der Waals surface area (Å²) in [7, 11) is 0. The molecule has 0 spiro atoms. The molecule has 1 aromatic carbocycles. The van der Waals surface area contributed by atoms with Crippen molar-refractivity contribution in [2.24, 2.45) is 0 Å². The predicted molar refractivity (Wildman–Crippen MR) is 58.8 cm³/mol. The van der Waals surface area contributed by atoms with Gasteiger partial charge in [-0.25, -0.2) is 4.39 Å². The summed E-state index contributed by atoms with van der Waals surface area (Å²) in [6, 6.07) is 8.30. The molecule has 2 aromatic rings. The van der Waals surface area contributed by atoms with E-state index in [0.717, 1.165) is 11.8 Å².